The molecule has 2 aromatic carbocycles. The van der Waals surface area contributed by atoms with Crippen molar-refractivity contribution in [2.24, 2.45) is 0 Å². The third-order valence-electron chi connectivity index (χ3n) is 6.79. The number of Topliss-reactive ketones (excluding diaryl/α,β-unsaturated/α-hetero) is 1. The van der Waals surface area contributed by atoms with Gasteiger partial charge in [0.1, 0.15) is 12.1 Å². The quantitative estimate of drug-likeness (QED) is 0.682. The number of nitriles is 2. The Morgan fingerprint density at radius 3 is 1.97 bits per heavy atom. The molecule has 0 radical (unpaired) electrons. The molecular weight excluding hydrogens is 396 g/mol. The van der Waals surface area contributed by atoms with Gasteiger partial charge in [0.25, 0.3) is 0 Å². The van der Waals surface area contributed by atoms with Crippen molar-refractivity contribution in [3.8, 4) is 12.1 Å². The van der Waals surface area contributed by atoms with Crippen LogP contribution in [0.1, 0.15) is 36.7 Å². The number of fused-ring (bicyclic) bond motifs is 1. The fourth-order valence-corrected chi connectivity index (χ4v) is 5.63. The van der Waals surface area contributed by atoms with E-state index in [9.17, 15) is 15.3 Å². The molecule has 0 N–H and O–H groups in total. The fraction of sp³-hybridized carbons (Fsp3) is 0.296. The highest BCUT2D eigenvalue weighted by atomic mass is 16.1. The highest BCUT2D eigenvalue weighted by Crippen LogP contribution is 2.61. The first-order valence-corrected chi connectivity index (χ1v) is 10.6. The molecular formula is C27H26N4O. The maximum absolute atomic E-state index is 13.7. The van der Waals surface area contributed by atoms with Crippen LogP contribution in [0.15, 0.2) is 83.6 Å². The molecule has 0 amide bonds. The van der Waals surface area contributed by atoms with Crippen LogP contribution < -0.4 is 0 Å². The third-order valence-corrected chi connectivity index (χ3v) is 6.79. The van der Waals surface area contributed by atoms with Gasteiger partial charge < -0.3 is 4.90 Å². The Bertz CT molecular complexity index is 1210. The van der Waals surface area contributed by atoms with Crippen LogP contribution in [-0.4, -0.2) is 40.8 Å². The van der Waals surface area contributed by atoms with E-state index in [1.54, 1.807) is 12.1 Å². The molecule has 0 aliphatic carbocycles. The molecule has 5 nitrogen and oxygen atoms in total. The van der Waals surface area contributed by atoms with Gasteiger partial charge in [-0.25, -0.2) is 4.90 Å². The standard InChI is InChI=1S/C27H26N4O/c1-19-24(30(4)5)26(17-28,18-29)31-25(2,3)22(23(32)20-12-8-6-9-13-20)16-27(19,31)21-14-10-7-11-15-21/h6-16H,1-5H3. The Kier molecular flexibility index (Phi) is 4.84. The summed E-state index contributed by atoms with van der Waals surface area (Å²) in [7, 11) is 3.71. The van der Waals surface area contributed by atoms with Crippen molar-refractivity contribution in [1.29, 1.82) is 10.5 Å². The summed E-state index contributed by atoms with van der Waals surface area (Å²) in [6.45, 7) is 5.83. The minimum Gasteiger partial charge on any atom is -0.378 e. The molecule has 0 bridgehead atoms. The lowest BCUT2D eigenvalue weighted by Gasteiger charge is -2.46. The smallest absolute Gasteiger partial charge is 0.238 e. The van der Waals surface area contributed by atoms with Crippen LogP contribution in [0.4, 0.5) is 0 Å². The highest BCUT2D eigenvalue weighted by Gasteiger charge is 2.69. The summed E-state index contributed by atoms with van der Waals surface area (Å²) in [6.07, 6.45) is 1.98. The number of ketones is 1. The predicted octanol–water partition coefficient (Wildman–Crippen LogP) is 4.42. The van der Waals surface area contributed by atoms with Crippen molar-refractivity contribution in [2.75, 3.05) is 14.1 Å². The Morgan fingerprint density at radius 2 is 1.47 bits per heavy atom. The van der Waals surface area contributed by atoms with E-state index in [0.29, 0.717) is 16.8 Å². The van der Waals surface area contributed by atoms with Crippen molar-refractivity contribution in [3.63, 3.8) is 0 Å². The maximum atomic E-state index is 13.7. The Balaban J connectivity index is 2.10. The molecule has 32 heavy (non-hydrogen) atoms. The highest BCUT2D eigenvalue weighted by molar-refractivity contribution is 6.11. The van der Waals surface area contributed by atoms with Crippen LogP contribution >= 0.6 is 0 Å². The van der Waals surface area contributed by atoms with Crippen LogP contribution in [0.5, 0.6) is 0 Å². The summed E-state index contributed by atoms with van der Waals surface area (Å²) in [4.78, 5) is 17.5. The van der Waals surface area contributed by atoms with Crippen LogP contribution in [0.25, 0.3) is 0 Å². The Hall–Kier alpha value is -3.67. The minimum atomic E-state index is -1.55. The summed E-state index contributed by atoms with van der Waals surface area (Å²) in [6, 6.07) is 23.6. The molecule has 0 fully saturated rings. The summed E-state index contributed by atoms with van der Waals surface area (Å²) < 4.78 is 0. The van der Waals surface area contributed by atoms with E-state index < -0.39 is 16.6 Å². The number of benzene rings is 2. The van der Waals surface area contributed by atoms with Gasteiger partial charge in [-0.05, 0) is 38.0 Å². The minimum absolute atomic E-state index is 0.0933. The van der Waals surface area contributed by atoms with E-state index in [4.69, 9.17) is 0 Å². The molecule has 2 aliphatic heterocycles. The molecule has 0 spiro atoms. The Morgan fingerprint density at radius 1 is 0.938 bits per heavy atom. The first kappa shape index (κ1) is 21.6. The zero-order valence-corrected chi connectivity index (χ0v) is 19.0. The molecule has 0 saturated heterocycles. The van der Waals surface area contributed by atoms with Crippen LogP contribution in [-0.2, 0) is 5.54 Å². The van der Waals surface area contributed by atoms with E-state index in [-0.39, 0.29) is 5.78 Å². The van der Waals surface area contributed by atoms with Gasteiger partial charge >= 0.3 is 0 Å². The number of hydrogen-bond acceptors (Lipinski definition) is 5. The van der Waals surface area contributed by atoms with Gasteiger partial charge in [0, 0.05) is 30.8 Å². The van der Waals surface area contributed by atoms with E-state index in [1.807, 2.05) is 99.3 Å². The summed E-state index contributed by atoms with van der Waals surface area (Å²) >= 11 is 0. The van der Waals surface area contributed by atoms with Gasteiger partial charge in [0.05, 0.1) is 11.2 Å². The van der Waals surface area contributed by atoms with Crippen LogP contribution in [0.2, 0.25) is 0 Å². The molecule has 1 unspecified atom stereocenters. The molecule has 4 rings (SSSR count). The topological polar surface area (TPSA) is 71.1 Å². The number of carbonyl (C=O) groups excluding carboxylic acids is 1. The van der Waals surface area contributed by atoms with Crippen molar-refractivity contribution in [1.82, 2.24) is 9.80 Å². The molecule has 0 saturated carbocycles. The molecule has 0 aromatic heterocycles. The largest absolute Gasteiger partial charge is 0.378 e. The number of rotatable bonds is 4. The van der Waals surface area contributed by atoms with E-state index in [2.05, 4.69) is 12.1 Å². The molecule has 160 valence electrons. The van der Waals surface area contributed by atoms with Gasteiger partial charge in [-0.3, -0.25) is 4.79 Å². The van der Waals surface area contributed by atoms with E-state index in [1.165, 1.54) is 0 Å². The summed E-state index contributed by atoms with van der Waals surface area (Å²) in [5.74, 6) is -0.0933. The average Bonchev–Trinajstić information content (AvgIpc) is 3.20. The van der Waals surface area contributed by atoms with Crippen molar-refractivity contribution < 1.29 is 4.79 Å². The van der Waals surface area contributed by atoms with Crippen molar-refractivity contribution >= 4 is 5.78 Å². The van der Waals surface area contributed by atoms with E-state index >= 15 is 0 Å². The number of likely N-dealkylation sites (N-methyl/N-ethyl adjacent to an activating group) is 1. The van der Waals surface area contributed by atoms with Gasteiger partial charge in [0.2, 0.25) is 5.54 Å². The Labute approximate surface area is 189 Å². The molecule has 2 aromatic rings. The first-order chi connectivity index (χ1) is 15.2. The zero-order valence-electron chi connectivity index (χ0n) is 19.0. The molecule has 2 aliphatic rings. The molecule has 1 atom stereocenters. The SMILES string of the molecule is CC1=C(N(C)C)C(C#N)(C#N)N2C(C)(C)C(C(=O)c3ccccc3)=CC12c1ccccc1. The van der Waals surface area contributed by atoms with Crippen molar-refractivity contribution in [3.05, 3.63) is 94.7 Å². The average molecular weight is 423 g/mol. The van der Waals surface area contributed by atoms with Gasteiger partial charge in [0.15, 0.2) is 5.78 Å². The van der Waals surface area contributed by atoms with Crippen LogP contribution in [0.3, 0.4) is 0 Å². The lowest BCUT2D eigenvalue weighted by atomic mass is 9.83. The second-order valence-corrected chi connectivity index (χ2v) is 9.08. The van der Waals surface area contributed by atoms with E-state index in [0.717, 1.165) is 11.1 Å². The van der Waals surface area contributed by atoms with Crippen LogP contribution in [0, 0.1) is 22.7 Å². The second-order valence-electron chi connectivity index (χ2n) is 9.08. The fourth-order valence-electron chi connectivity index (χ4n) is 5.63. The lowest BCUT2D eigenvalue weighted by Crippen LogP contribution is -2.60. The summed E-state index contributed by atoms with van der Waals surface area (Å²) in [5, 5.41) is 20.9. The third kappa shape index (κ3) is 2.55. The first-order valence-electron chi connectivity index (χ1n) is 10.6. The lowest BCUT2D eigenvalue weighted by molar-refractivity contribution is 0.0575. The van der Waals surface area contributed by atoms with Crippen molar-refractivity contribution in [2.45, 2.75) is 37.4 Å². The maximum Gasteiger partial charge on any atom is 0.238 e. The molecule has 5 heteroatoms. The monoisotopic (exact) mass is 422 g/mol. The molecule has 2 heterocycles. The van der Waals surface area contributed by atoms with Gasteiger partial charge in [-0.15, -0.1) is 0 Å². The normalized spacial score (nSPS) is 23.2. The number of carbonyl (C=O) groups is 1. The number of nitrogens with zero attached hydrogens (tertiary/aromatic N) is 4. The van der Waals surface area contributed by atoms with Gasteiger partial charge in [-0.1, -0.05) is 60.7 Å². The van der Waals surface area contributed by atoms with Gasteiger partial charge in [-0.2, -0.15) is 10.5 Å². The number of hydrogen-bond donors (Lipinski definition) is 0. The second kappa shape index (κ2) is 7.19. The summed E-state index contributed by atoms with van der Waals surface area (Å²) in [5.41, 5.74) is 0.297. The predicted molar refractivity (Wildman–Crippen MR) is 123 cm³/mol. The zero-order chi connectivity index (χ0) is 23.3.